The molecule has 0 bridgehead atoms. The lowest BCUT2D eigenvalue weighted by atomic mass is 10.1. The number of piperazine rings is 1. The van der Waals surface area contributed by atoms with E-state index < -0.39 is 11.7 Å². The summed E-state index contributed by atoms with van der Waals surface area (Å²) in [5.41, 5.74) is 6.66. The molecule has 0 spiro atoms. The topological polar surface area (TPSA) is 131 Å². The summed E-state index contributed by atoms with van der Waals surface area (Å²) in [6.07, 6.45) is 3.05. The van der Waals surface area contributed by atoms with Crippen molar-refractivity contribution in [3.8, 4) is 5.75 Å². The fraction of sp³-hybridized carbons (Fsp3) is 0.360. The number of aromatic nitrogens is 2. The Morgan fingerprint density at radius 1 is 1.11 bits per heavy atom. The minimum Gasteiger partial charge on any atom is -0.490 e. The van der Waals surface area contributed by atoms with Crippen LogP contribution < -0.4 is 10.5 Å². The van der Waals surface area contributed by atoms with E-state index in [0.29, 0.717) is 55.2 Å². The molecule has 184 valence electrons. The van der Waals surface area contributed by atoms with Crippen LogP contribution in [0.2, 0.25) is 0 Å². The van der Waals surface area contributed by atoms with Crippen LogP contribution in [0.3, 0.4) is 0 Å². The quantitative estimate of drug-likeness (QED) is 0.270. The molecule has 2 amide bonds. The van der Waals surface area contributed by atoms with E-state index in [4.69, 9.17) is 15.2 Å². The summed E-state index contributed by atoms with van der Waals surface area (Å²) in [5.74, 6) is -0.916. The molecule has 1 aliphatic heterocycles. The molecule has 1 aromatic carbocycles. The Balaban J connectivity index is 1.45. The number of ketones is 1. The number of fused-ring (bicyclic) bond motifs is 1. The van der Waals surface area contributed by atoms with Crippen molar-refractivity contribution in [2.45, 2.75) is 13.0 Å². The molecule has 4 rings (SSSR count). The van der Waals surface area contributed by atoms with Gasteiger partial charge in [0.2, 0.25) is 0 Å². The van der Waals surface area contributed by atoms with Crippen LogP contribution in [-0.4, -0.2) is 89.4 Å². The summed E-state index contributed by atoms with van der Waals surface area (Å²) < 4.78 is 11.1. The SMILES string of the molecule is C[C@@H]1CN(C(=O)c2ccccc2)CCN1C(=O)C(=O)c1c[nH]c2nccc(OCCOCCN)c12. The van der Waals surface area contributed by atoms with Gasteiger partial charge in [-0.3, -0.25) is 14.4 Å². The average molecular weight is 480 g/mol. The van der Waals surface area contributed by atoms with Gasteiger partial charge in [-0.15, -0.1) is 0 Å². The second-order valence-corrected chi connectivity index (χ2v) is 8.28. The summed E-state index contributed by atoms with van der Waals surface area (Å²) in [5, 5.41) is 0.454. The number of nitrogens with one attached hydrogen (secondary N) is 1. The van der Waals surface area contributed by atoms with Crippen molar-refractivity contribution in [1.82, 2.24) is 19.8 Å². The van der Waals surface area contributed by atoms with Gasteiger partial charge in [0.15, 0.2) is 0 Å². The lowest BCUT2D eigenvalue weighted by Crippen LogP contribution is -2.56. The summed E-state index contributed by atoms with van der Waals surface area (Å²) in [4.78, 5) is 49.7. The van der Waals surface area contributed by atoms with Crippen molar-refractivity contribution in [2.75, 3.05) is 46.0 Å². The highest BCUT2D eigenvalue weighted by Gasteiger charge is 2.34. The standard InChI is InChI=1S/C25H29N5O5/c1-17-16-29(24(32)18-5-3-2-4-6-18)10-11-30(17)25(33)22(31)19-15-28-23-21(19)20(7-9-27-23)35-14-13-34-12-8-26/h2-7,9,15,17H,8,10-14,16,26H2,1H3,(H,27,28)/t17-/m1/s1. The highest BCUT2D eigenvalue weighted by molar-refractivity contribution is 6.45. The highest BCUT2D eigenvalue weighted by Crippen LogP contribution is 2.28. The zero-order valence-electron chi connectivity index (χ0n) is 19.6. The van der Waals surface area contributed by atoms with Gasteiger partial charge in [0.05, 0.1) is 24.2 Å². The lowest BCUT2D eigenvalue weighted by molar-refractivity contribution is -0.130. The largest absolute Gasteiger partial charge is 0.490 e. The van der Waals surface area contributed by atoms with Crippen LogP contribution in [0.5, 0.6) is 5.75 Å². The van der Waals surface area contributed by atoms with Gasteiger partial charge < -0.3 is 30.0 Å². The molecule has 0 saturated carbocycles. The van der Waals surface area contributed by atoms with Crippen LogP contribution >= 0.6 is 0 Å². The third-order valence-corrected chi connectivity index (χ3v) is 5.92. The van der Waals surface area contributed by atoms with Crippen LogP contribution in [0, 0.1) is 0 Å². The first kappa shape index (κ1) is 24.4. The molecule has 3 aromatic rings. The minimum atomic E-state index is -0.650. The second-order valence-electron chi connectivity index (χ2n) is 8.28. The van der Waals surface area contributed by atoms with Crippen molar-refractivity contribution in [3.63, 3.8) is 0 Å². The van der Waals surface area contributed by atoms with Crippen molar-refractivity contribution < 1.29 is 23.9 Å². The van der Waals surface area contributed by atoms with E-state index >= 15 is 0 Å². The Morgan fingerprint density at radius 2 is 1.91 bits per heavy atom. The number of hydrogen-bond donors (Lipinski definition) is 2. The number of amides is 2. The number of nitrogens with two attached hydrogens (primary N) is 1. The summed E-state index contributed by atoms with van der Waals surface area (Å²) >= 11 is 0. The first-order valence-electron chi connectivity index (χ1n) is 11.6. The summed E-state index contributed by atoms with van der Waals surface area (Å²) in [6.45, 7) is 4.26. The Bertz CT molecular complexity index is 1200. The molecule has 2 aromatic heterocycles. The molecule has 1 atom stereocenters. The maximum Gasteiger partial charge on any atom is 0.295 e. The second kappa shape index (κ2) is 11.1. The zero-order valence-corrected chi connectivity index (χ0v) is 19.6. The van der Waals surface area contributed by atoms with E-state index in [9.17, 15) is 14.4 Å². The molecule has 3 heterocycles. The normalized spacial score (nSPS) is 15.9. The molecular weight excluding hydrogens is 450 g/mol. The van der Waals surface area contributed by atoms with Crippen LogP contribution in [-0.2, 0) is 9.53 Å². The van der Waals surface area contributed by atoms with Gasteiger partial charge in [0.25, 0.3) is 17.6 Å². The number of nitrogens with zero attached hydrogens (tertiary/aromatic N) is 3. The van der Waals surface area contributed by atoms with Gasteiger partial charge in [-0.2, -0.15) is 0 Å². The lowest BCUT2D eigenvalue weighted by Gasteiger charge is -2.39. The van der Waals surface area contributed by atoms with Crippen LogP contribution in [0.1, 0.15) is 27.6 Å². The number of rotatable bonds is 9. The number of carbonyl (C=O) groups is 3. The van der Waals surface area contributed by atoms with Gasteiger partial charge in [0.1, 0.15) is 18.0 Å². The fourth-order valence-corrected chi connectivity index (χ4v) is 4.17. The van der Waals surface area contributed by atoms with Crippen LogP contribution in [0.4, 0.5) is 0 Å². The first-order valence-corrected chi connectivity index (χ1v) is 11.6. The highest BCUT2D eigenvalue weighted by atomic mass is 16.5. The van der Waals surface area contributed by atoms with Gasteiger partial charge >= 0.3 is 0 Å². The maximum atomic E-state index is 13.3. The third kappa shape index (κ3) is 5.33. The van der Waals surface area contributed by atoms with Crippen molar-refractivity contribution in [2.24, 2.45) is 5.73 Å². The molecule has 10 nitrogen and oxygen atoms in total. The predicted molar refractivity (Wildman–Crippen MR) is 129 cm³/mol. The molecule has 1 fully saturated rings. The molecule has 1 aliphatic rings. The van der Waals surface area contributed by atoms with E-state index in [1.165, 1.54) is 11.1 Å². The smallest absolute Gasteiger partial charge is 0.295 e. The number of carbonyl (C=O) groups excluding carboxylic acids is 3. The monoisotopic (exact) mass is 479 g/mol. The summed E-state index contributed by atoms with van der Waals surface area (Å²) in [7, 11) is 0. The van der Waals surface area contributed by atoms with Gasteiger partial charge in [-0.1, -0.05) is 18.2 Å². The molecule has 0 radical (unpaired) electrons. The van der Waals surface area contributed by atoms with E-state index in [1.807, 2.05) is 25.1 Å². The Kier molecular flexibility index (Phi) is 7.74. The van der Waals surface area contributed by atoms with E-state index in [1.54, 1.807) is 29.3 Å². The number of hydrogen-bond acceptors (Lipinski definition) is 7. The Morgan fingerprint density at radius 3 is 2.66 bits per heavy atom. The Hall–Kier alpha value is -3.76. The average Bonchev–Trinajstić information content (AvgIpc) is 3.33. The maximum absolute atomic E-state index is 13.3. The number of benzene rings is 1. The molecule has 0 unspecified atom stereocenters. The van der Waals surface area contributed by atoms with Crippen LogP contribution in [0.15, 0.2) is 48.8 Å². The van der Waals surface area contributed by atoms with E-state index in [0.717, 1.165) is 0 Å². The molecule has 35 heavy (non-hydrogen) atoms. The molecule has 1 saturated heterocycles. The number of pyridine rings is 1. The number of Topliss-reactive ketones (excluding diaryl/α,β-unsaturated/α-hetero) is 1. The number of H-pyrrole nitrogens is 1. The first-order chi connectivity index (χ1) is 17.0. The van der Waals surface area contributed by atoms with Crippen molar-refractivity contribution in [3.05, 3.63) is 59.9 Å². The molecule has 0 aliphatic carbocycles. The molecule has 10 heteroatoms. The minimum absolute atomic E-state index is 0.0872. The molecule has 3 N–H and O–H groups in total. The van der Waals surface area contributed by atoms with Gasteiger partial charge in [-0.25, -0.2) is 4.98 Å². The molecular formula is C25H29N5O5. The zero-order chi connectivity index (χ0) is 24.8. The van der Waals surface area contributed by atoms with Gasteiger partial charge in [0, 0.05) is 50.2 Å². The van der Waals surface area contributed by atoms with Crippen molar-refractivity contribution >= 4 is 28.6 Å². The fourth-order valence-electron chi connectivity index (χ4n) is 4.17. The number of ether oxygens (including phenoxy) is 2. The van der Waals surface area contributed by atoms with E-state index in [2.05, 4.69) is 9.97 Å². The van der Waals surface area contributed by atoms with Crippen LogP contribution in [0.25, 0.3) is 11.0 Å². The van der Waals surface area contributed by atoms with E-state index in [-0.39, 0.29) is 30.7 Å². The number of aromatic amines is 1. The van der Waals surface area contributed by atoms with Crippen molar-refractivity contribution in [1.29, 1.82) is 0 Å². The Labute approximate surface area is 203 Å². The van der Waals surface area contributed by atoms with Gasteiger partial charge in [-0.05, 0) is 25.1 Å². The predicted octanol–water partition coefficient (Wildman–Crippen LogP) is 1.47. The summed E-state index contributed by atoms with van der Waals surface area (Å²) in [6, 6.07) is 10.4. The third-order valence-electron chi connectivity index (χ3n) is 5.92.